The molecular formula is C36H39ClN2O6S. The minimum absolute atomic E-state index is 0.130. The lowest BCUT2D eigenvalue weighted by atomic mass is 9.99. The zero-order valence-electron chi connectivity index (χ0n) is 25.9. The van der Waals surface area contributed by atoms with Crippen LogP contribution >= 0.6 is 11.6 Å². The summed E-state index contributed by atoms with van der Waals surface area (Å²) in [5, 5.41) is -0.811. The number of nitrogens with zero attached hydrogens (tertiary/aromatic N) is 1. The maximum absolute atomic E-state index is 13.1. The molecule has 0 saturated carbocycles. The van der Waals surface area contributed by atoms with Gasteiger partial charge in [-0.1, -0.05) is 109 Å². The van der Waals surface area contributed by atoms with Crippen LogP contribution < -0.4 is 4.72 Å². The lowest BCUT2D eigenvalue weighted by molar-refractivity contribution is -0.216. The van der Waals surface area contributed by atoms with E-state index in [1.165, 1.54) is 0 Å². The number of sulfonamides is 1. The highest BCUT2D eigenvalue weighted by Crippen LogP contribution is 2.32. The van der Waals surface area contributed by atoms with E-state index in [0.717, 1.165) is 22.3 Å². The number of aryl methyl sites for hydroxylation is 1. The third kappa shape index (κ3) is 9.48. The highest BCUT2D eigenvalue weighted by Gasteiger charge is 2.47. The van der Waals surface area contributed by atoms with Crippen LogP contribution in [0.4, 0.5) is 0 Å². The fraction of sp³-hybridized carbons (Fsp3) is 0.306. The number of aliphatic imine (C=N–C) groups is 1. The monoisotopic (exact) mass is 662 g/mol. The van der Waals surface area contributed by atoms with Gasteiger partial charge in [-0.25, -0.2) is 13.4 Å². The molecule has 5 atom stereocenters. The first-order chi connectivity index (χ1) is 22.3. The molecule has 46 heavy (non-hydrogen) atoms. The molecule has 0 bridgehead atoms. The van der Waals surface area contributed by atoms with Gasteiger partial charge in [-0.2, -0.15) is 0 Å². The van der Waals surface area contributed by atoms with Gasteiger partial charge in [-0.05, 0) is 42.7 Å². The van der Waals surface area contributed by atoms with Crippen molar-refractivity contribution in [1.29, 1.82) is 0 Å². The van der Waals surface area contributed by atoms with E-state index in [1.54, 1.807) is 31.2 Å². The number of benzene rings is 4. The Morgan fingerprint density at radius 1 is 0.761 bits per heavy atom. The predicted octanol–water partition coefficient (Wildman–Crippen LogP) is 6.41. The Hall–Kier alpha value is -3.57. The summed E-state index contributed by atoms with van der Waals surface area (Å²) in [4.78, 5) is 4.73. The Labute approximate surface area is 276 Å². The van der Waals surface area contributed by atoms with Crippen LogP contribution in [0.3, 0.4) is 0 Å². The quantitative estimate of drug-likeness (QED) is 0.101. The van der Waals surface area contributed by atoms with Gasteiger partial charge in [0.2, 0.25) is 0 Å². The first-order valence-electron chi connectivity index (χ1n) is 15.1. The minimum Gasteiger partial charge on any atom is -0.374 e. The standard InChI is InChI=1S/C36H39ClN2O6S/c1-26-18-20-31(21-19-26)46(40,41)39-27(2)38-36-33(37)35(44-24-30-16-10-5-11-17-30)34(43-23-29-14-8-4-9-15-29)32(45-36)25-42-22-28-12-6-3-7-13-28/h3-21,32-36H,22-25H2,1-2H3,(H,38,39)/t32-,33-,34-,35-,36+/m0/s1. The molecule has 1 fully saturated rings. The maximum atomic E-state index is 13.1. The lowest BCUT2D eigenvalue weighted by Crippen LogP contribution is -2.58. The molecule has 0 radical (unpaired) electrons. The van der Waals surface area contributed by atoms with Gasteiger partial charge in [0.15, 0.2) is 6.23 Å². The van der Waals surface area contributed by atoms with Gasteiger partial charge >= 0.3 is 0 Å². The topological polar surface area (TPSA) is 95.4 Å². The van der Waals surface area contributed by atoms with Gasteiger partial charge in [0.05, 0.1) is 31.3 Å². The van der Waals surface area contributed by atoms with Crippen LogP contribution in [-0.2, 0) is 48.8 Å². The van der Waals surface area contributed by atoms with Crippen LogP contribution in [0.15, 0.2) is 125 Å². The molecule has 0 aromatic heterocycles. The number of amidine groups is 1. The number of nitrogens with one attached hydrogen (secondary N) is 1. The van der Waals surface area contributed by atoms with Crippen molar-refractivity contribution < 1.29 is 27.4 Å². The summed E-state index contributed by atoms with van der Waals surface area (Å²) < 4.78 is 54.2. The van der Waals surface area contributed by atoms with E-state index in [4.69, 9.17) is 30.5 Å². The zero-order chi connectivity index (χ0) is 32.4. The number of alkyl halides is 1. The Balaban J connectivity index is 1.40. The van der Waals surface area contributed by atoms with Crippen molar-refractivity contribution in [1.82, 2.24) is 4.72 Å². The van der Waals surface area contributed by atoms with E-state index >= 15 is 0 Å². The fourth-order valence-corrected chi connectivity index (χ4v) is 6.49. The van der Waals surface area contributed by atoms with Crippen molar-refractivity contribution in [3.63, 3.8) is 0 Å². The molecular weight excluding hydrogens is 624 g/mol. The summed E-state index contributed by atoms with van der Waals surface area (Å²) >= 11 is 7.08. The maximum Gasteiger partial charge on any atom is 0.262 e. The number of hydrogen-bond acceptors (Lipinski definition) is 7. The zero-order valence-corrected chi connectivity index (χ0v) is 27.4. The highest BCUT2D eigenvalue weighted by atomic mass is 35.5. The molecule has 1 N–H and O–H groups in total. The third-order valence-electron chi connectivity index (χ3n) is 7.49. The van der Waals surface area contributed by atoms with Crippen LogP contribution in [0.5, 0.6) is 0 Å². The fourth-order valence-electron chi connectivity index (χ4n) is 5.10. The molecule has 4 aromatic carbocycles. The van der Waals surface area contributed by atoms with Crippen molar-refractivity contribution >= 4 is 27.5 Å². The summed E-state index contributed by atoms with van der Waals surface area (Å²) in [6.45, 7) is 4.59. The van der Waals surface area contributed by atoms with Gasteiger partial charge in [0.25, 0.3) is 10.0 Å². The summed E-state index contributed by atoms with van der Waals surface area (Å²) in [5.74, 6) is 0.130. The second kappa shape index (κ2) is 16.3. The first-order valence-corrected chi connectivity index (χ1v) is 17.1. The lowest BCUT2D eigenvalue weighted by Gasteiger charge is -2.43. The predicted molar refractivity (Wildman–Crippen MR) is 179 cm³/mol. The van der Waals surface area contributed by atoms with E-state index in [0.29, 0.717) is 13.2 Å². The van der Waals surface area contributed by atoms with Crippen LogP contribution in [-0.4, -0.2) is 50.8 Å². The smallest absolute Gasteiger partial charge is 0.262 e. The molecule has 4 aromatic rings. The second-order valence-corrected chi connectivity index (χ2v) is 13.4. The van der Waals surface area contributed by atoms with Gasteiger partial charge in [0, 0.05) is 0 Å². The van der Waals surface area contributed by atoms with E-state index in [1.807, 2.05) is 97.9 Å². The molecule has 1 saturated heterocycles. The molecule has 0 spiro atoms. The Morgan fingerprint density at radius 3 is 1.80 bits per heavy atom. The largest absolute Gasteiger partial charge is 0.374 e. The molecule has 1 aliphatic rings. The molecule has 0 unspecified atom stereocenters. The van der Waals surface area contributed by atoms with Crippen LogP contribution in [0.1, 0.15) is 29.2 Å². The van der Waals surface area contributed by atoms with Crippen molar-refractivity contribution in [3.8, 4) is 0 Å². The van der Waals surface area contributed by atoms with Crippen molar-refractivity contribution in [2.75, 3.05) is 6.61 Å². The Morgan fingerprint density at radius 2 is 1.26 bits per heavy atom. The Bertz CT molecular complexity index is 1640. The van der Waals surface area contributed by atoms with Gasteiger partial charge < -0.3 is 18.9 Å². The van der Waals surface area contributed by atoms with Crippen molar-refractivity contribution in [2.45, 2.75) is 68.5 Å². The molecule has 0 amide bonds. The SMILES string of the molecule is C/C(=N\[C@@H]1O[C@@H](COCc2ccccc2)[C@H](OCc2ccccc2)[C@@H](OCc2ccccc2)[C@@H]1Cl)NS(=O)(=O)c1ccc(C)cc1. The summed E-state index contributed by atoms with van der Waals surface area (Å²) in [6.07, 6.45) is -2.86. The first kappa shape index (κ1) is 33.8. The van der Waals surface area contributed by atoms with Gasteiger partial charge in [0.1, 0.15) is 29.5 Å². The number of rotatable bonds is 13. The van der Waals surface area contributed by atoms with Crippen LogP contribution in [0.25, 0.3) is 0 Å². The summed E-state index contributed by atoms with van der Waals surface area (Å²) in [5.41, 5.74) is 3.93. The number of hydrogen-bond donors (Lipinski definition) is 1. The molecule has 1 aliphatic heterocycles. The van der Waals surface area contributed by atoms with Crippen LogP contribution in [0, 0.1) is 6.92 Å². The summed E-state index contributed by atoms with van der Waals surface area (Å²) in [7, 11) is -3.87. The average Bonchev–Trinajstić information content (AvgIpc) is 3.06. The number of halogens is 1. The van der Waals surface area contributed by atoms with E-state index < -0.39 is 39.9 Å². The van der Waals surface area contributed by atoms with Gasteiger partial charge in [-0.3, -0.25) is 4.72 Å². The molecule has 0 aliphatic carbocycles. The minimum atomic E-state index is -3.87. The molecule has 242 valence electrons. The Kier molecular flexibility index (Phi) is 12.0. The molecule has 8 nitrogen and oxygen atoms in total. The normalized spacial score (nSPS) is 22.0. The van der Waals surface area contributed by atoms with E-state index in [-0.39, 0.29) is 23.9 Å². The second-order valence-electron chi connectivity index (χ2n) is 11.2. The van der Waals surface area contributed by atoms with Gasteiger partial charge in [-0.15, -0.1) is 11.6 Å². The molecule has 1 heterocycles. The number of ether oxygens (including phenoxy) is 4. The van der Waals surface area contributed by atoms with E-state index in [2.05, 4.69) is 9.71 Å². The van der Waals surface area contributed by atoms with Crippen molar-refractivity contribution in [2.24, 2.45) is 4.99 Å². The highest BCUT2D eigenvalue weighted by molar-refractivity contribution is 7.90. The third-order valence-corrected chi connectivity index (χ3v) is 9.41. The van der Waals surface area contributed by atoms with Crippen LogP contribution in [0.2, 0.25) is 0 Å². The summed E-state index contributed by atoms with van der Waals surface area (Å²) in [6, 6.07) is 36.0. The van der Waals surface area contributed by atoms with E-state index in [9.17, 15) is 8.42 Å². The molecule has 10 heteroatoms. The molecule has 5 rings (SSSR count). The van der Waals surface area contributed by atoms with Crippen molar-refractivity contribution in [3.05, 3.63) is 138 Å². The average molecular weight is 663 g/mol.